The van der Waals surface area contributed by atoms with Gasteiger partial charge in [-0.15, -0.1) is 0 Å². The van der Waals surface area contributed by atoms with Crippen molar-refractivity contribution >= 4 is 11.6 Å². The standard InChI is InChI=1S/C20H28N4O/c1-5-24-17(4)19(16(3)21-24)20(25)23-12-8-11-22(13-14-23)18-10-7-6-9-15(18)2/h6-7,9-10H,5,8,11-14H2,1-4H3. The number of amides is 1. The molecule has 1 aliphatic heterocycles. The molecule has 2 heterocycles. The van der Waals surface area contributed by atoms with Gasteiger partial charge in [0.15, 0.2) is 0 Å². The Balaban J connectivity index is 1.76. The van der Waals surface area contributed by atoms with Crippen LogP contribution in [0.4, 0.5) is 5.69 Å². The lowest BCUT2D eigenvalue weighted by atomic mass is 10.1. The number of benzene rings is 1. The van der Waals surface area contributed by atoms with Crippen molar-refractivity contribution in [3.8, 4) is 0 Å². The Morgan fingerprint density at radius 1 is 1.08 bits per heavy atom. The van der Waals surface area contributed by atoms with Crippen molar-refractivity contribution in [2.75, 3.05) is 31.1 Å². The Bertz CT molecular complexity index is 765. The molecule has 5 nitrogen and oxygen atoms in total. The minimum absolute atomic E-state index is 0.126. The lowest BCUT2D eigenvalue weighted by Crippen LogP contribution is -2.35. The van der Waals surface area contributed by atoms with E-state index >= 15 is 0 Å². The lowest BCUT2D eigenvalue weighted by Gasteiger charge is -2.25. The molecule has 1 aromatic heterocycles. The fraction of sp³-hybridized carbons (Fsp3) is 0.500. The zero-order chi connectivity index (χ0) is 18.0. The van der Waals surface area contributed by atoms with Crippen LogP contribution in [0.25, 0.3) is 0 Å². The van der Waals surface area contributed by atoms with E-state index in [1.165, 1.54) is 11.3 Å². The van der Waals surface area contributed by atoms with Crippen LogP contribution in [0.2, 0.25) is 0 Å². The van der Waals surface area contributed by atoms with E-state index in [4.69, 9.17) is 0 Å². The smallest absolute Gasteiger partial charge is 0.257 e. The maximum absolute atomic E-state index is 13.1. The molecule has 0 bridgehead atoms. The average molecular weight is 340 g/mol. The fourth-order valence-corrected chi connectivity index (χ4v) is 3.75. The molecular weight excluding hydrogens is 312 g/mol. The van der Waals surface area contributed by atoms with E-state index in [0.717, 1.165) is 56.1 Å². The van der Waals surface area contributed by atoms with Gasteiger partial charge in [0.1, 0.15) is 0 Å². The lowest BCUT2D eigenvalue weighted by molar-refractivity contribution is 0.0765. The molecule has 1 amide bonds. The first-order chi connectivity index (χ1) is 12.0. The molecule has 3 rings (SSSR count). The van der Waals surface area contributed by atoms with Gasteiger partial charge in [0.05, 0.1) is 11.3 Å². The molecular formula is C20H28N4O. The third kappa shape index (κ3) is 3.41. The highest BCUT2D eigenvalue weighted by Gasteiger charge is 2.25. The molecule has 0 unspecified atom stereocenters. The second kappa shape index (κ2) is 7.30. The summed E-state index contributed by atoms with van der Waals surface area (Å²) in [6.07, 6.45) is 0.986. The highest BCUT2D eigenvalue weighted by Crippen LogP contribution is 2.22. The summed E-state index contributed by atoms with van der Waals surface area (Å²) in [5.74, 6) is 0.126. The van der Waals surface area contributed by atoms with Crippen molar-refractivity contribution in [2.45, 2.75) is 40.7 Å². The van der Waals surface area contributed by atoms with Gasteiger partial charge in [-0.3, -0.25) is 9.48 Å². The van der Waals surface area contributed by atoms with E-state index in [1.54, 1.807) is 0 Å². The molecule has 0 aliphatic carbocycles. The Hall–Kier alpha value is -2.30. The van der Waals surface area contributed by atoms with Gasteiger partial charge in [0.25, 0.3) is 5.91 Å². The highest BCUT2D eigenvalue weighted by atomic mass is 16.2. The Labute approximate surface area is 150 Å². The molecule has 134 valence electrons. The molecule has 1 aliphatic rings. The molecule has 0 radical (unpaired) electrons. The van der Waals surface area contributed by atoms with E-state index in [-0.39, 0.29) is 5.91 Å². The van der Waals surface area contributed by atoms with E-state index in [9.17, 15) is 4.79 Å². The summed E-state index contributed by atoms with van der Waals surface area (Å²) in [5, 5.41) is 4.50. The van der Waals surface area contributed by atoms with E-state index in [0.29, 0.717) is 0 Å². The topological polar surface area (TPSA) is 41.4 Å². The summed E-state index contributed by atoms with van der Waals surface area (Å²) in [6, 6.07) is 8.48. The number of hydrogen-bond donors (Lipinski definition) is 0. The van der Waals surface area contributed by atoms with Crippen molar-refractivity contribution in [1.82, 2.24) is 14.7 Å². The number of aryl methyl sites for hydroxylation is 3. The molecule has 0 saturated carbocycles. The first kappa shape index (κ1) is 17.5. The molecule has 2 aromatic rings. The molecule has 1 aromatic carbocycles. The Kier molecular flexibility index (Phi) is 5.11. The zero-order valence-electron chi connectivity index (χ0n) is 15.7. The minimum atomic E-state index is 0.126. The Morgan fingerprint density at radius 2 is 1.84 bits per heavy atom. The number of rotatable bonds is 3. The van der Waals surface area contributed by atoms with Crippen LogP contribution in [0, 0.1) is 20.8 Å². The number of hydrogen-bond acceptors (Lipinski definition) is 3. The summed E-state index contributed by atoms with van der Waals surface area (Å²) in [5.41, 5.74) is 5.17. The van der Waals surface area contributed by atoms with Crippen LogP contribution in [0.3, 0.4) is 0 Å². The maximum Gasteiger partial charge on any atom is 0.257 e. The van der Waals surface area contributed by atoms with Crippen LogP contribution in [0.15, 0.2) is 24.3 Å². The summed E-state index contributed by atoms with van der Waals surface area (Å²) < 4.78 is 1.92. The van der Waals surface area contributed by atoms with Crippen molar-refractivity contribution in [2.24, 2.45) is 0 Å². The van der Waals surface area contributed by atoms with Gasteiger partial charge in [0, 0.05) is 44.1 Å². The van der Waals surface area contributed by atoms with Gasteiger partial charge < -0.3 is 9.80 Å². The molecule has 0 spiro atoms. The predicted octanol–water partition coefficient (Wildman–Crippen LogP) is 3.18. The van der Waals surface area contributed by atoms with Gasteiger partial charge >= 0.3 is 0 Å². The summed E-state index contributed by atoms with van der Waals surface area (Å²) in [4.78, 5) is 17.5. The third-order valence-electron chi connectivity index (χ3n) is 5.13. The van der Waals surface area contributed by atoms with Crippen molar-refractivity contribution in [3.63, 3.8) is 0 Å². The van der Waals surface area contributed by atoms with Gasteiger partial charge in [-0.25, -0.2) is 0 Å². The average Bonchev–Trinajstić information content (AvgIpc) is 2.78. The van der Waals surface area contributed by atoms with Crippen LogP contribution < -0.4 is 4.90 Å². The molecule has 25 heavy (non-hydrogen) atoms. The van der Waals surface area contributed by atoms with Crippen molar-refractivity contribution in [1.29, 1.82) is 0 Å². The number of nitrogens with zero attached hydrogens (tertiary/aromatic N) is 4. The van der Waals surface area contributed by atoms with Crippen LogP contribution in [0.1, 0.15) is 40.7 Å². The summed E-state index contributed by atoms with van der Waals surface area (Å²) in [6.45, 7) is 12.3. The predicted molar refractivity (Wildman–Crippen MR) is 101 cm³/mol. The number of carbonyl (C=O) groups excluding carboxylic acids is 1. The first-order valence-electron chi connectivity index (χ1n) is 9.16. The molecule has 1 fully saturated rings. The number of aromatic nitrogens is 2. The molecule has 1 saturated heterocycles. The van der Waals surface area contributed by atoms with E-state index in [2.05, 4.69) is 48.1 Å². The van der Waals surface area contributed by atoms with E-state index in [1.807, 2.05) is 23.4 Å². The van der Waals surface area contributed by atoms with Gasteiger partial charge in [0.2, 0.25) is 0 Å². The van der Waals surface area contributed by atoms with Crippen molar-refractivity contribution < 1.29 is 4.79 Å². The van der Waals surface area contributed by atoms with Gasteiger partial charge in [-0.2, -0.15) is 5.10 Å². The monoisotopic (exact) mass is 340 g/mol. The quantitative estimate of drug-likeness (QED) is 0.862. The number of carbonyl (C=O) groups is 1. The van der Waals surface area contributed by atoms with Crippen molar-refractivity contribution in [3.05, 3.63) is 46.8 Å². The molecule has 5 heteroatoms. The van der Waals surface area contributed by atoms with Gasteiger partial charge in [-0.05, 0) is 45.7 Å². The number of para-hydroxylation sites is 1. The summed E-state index contributed by atoms with van der Waals surface area (Å²) >= 11 is 0. The summed E-state index contributed by atoms with van der Waals surface area (Å²) in [7, 11) is 0. The first-order valence-corrected chi connectivity index (χ1v) is 9.16. The largest absolute Gasteiger partial charge is 0.369 e. The minimum Gasteiger partial charge on any atom is -0.369 e. The number of anilines is 1. The second-order valence-electron chi connectivity index (χ2n) is 6.78. The molecule has 0 N–H and O–H groups in total. The fourth-order valence-electron chi connectivity index (χ4n) is 3.75. The van der Waals surface area contributed by atoms with Crippen LogP contribution >= 0.6 is 0 Å². The normalized spacial score (nSPS) is 15.4. The van der Waals surface area contributed by atoms with Crippen LogP contribution in [0.5, 0.6) is 0 Å². The van der Waals surface area contributed by atoms with Crippen LogP contribution in [-0.4, -0.2) is 46.8 Å². The van der Waals surface area contributed by atoms with Crippen LogP contribution in [-0.2, 0) is 6.54 Å². The third-order valence-corrected chi connectivity index (χ3v) is 5.13. The highest BCUT2D eigenvalue weighted by molar-refractivity contribution is 5.96. The Morgan fingerprint density at radius 3 is 2.52 bits per heavy atom. The second-order valence-corrected chi connectivity index (χ2v) is 6.78. The maximum atomic E-state index is 13.1. The molecule has 0 atom stereocenters. The zero-order valence-corrected chi connectivity index (χ0v) is 15.7. The van der Waals surface area contributed by atoms with Gasteiger partial charge in [-0.1, -0.05) is 18.2 Å². The van der Waals surface area contributed by atoms with E-state index < -0.39 is 0 Å². The SMILES string of the molecule is CCn1nc(C)c(C(=O)N2CCCN(c3ccccc3C)CC2)c1C.